The molecule has 1 heterocycles. The van der Waals surface area contributed by atoms with Crippen molar-refractivity contribution in [2.75, 3.05) is 0 Å². The summed E-state index contributed by atoms with van der Waals surface area (Å²) < 4.78 is 5.85. The van der Waals surface area contributed by atoms with Crippen LogP contribution in [0.3, 0.4) is 0 Å². The van der Waals surface area contributed by atoms with E-state index in [1.807, 2.05) is 78.9 Å². The summed E-state index contributed by atoms with van der Waals surface area (Å²) in [4.78, 5) is 9.04. The van der Waals surface area contributed by atoms with E-state index in [1.165, 1.54) is 5.56 Å². The van der Waals surface area contributed by atoms with Gasteiger partial charge in [0.2, 0.25) is 5.89 Å². The third kappa shape index (κ3) is 3.99. The van der Waals surface area contributed by atoms with Crippen LogP contribution in [0.15, 0.2) is 82.2 Å². The number of aromatic nitrogens is 1. The molecule has 4 rings (SSSR count). The summed E-state index contributed by atoms with van der Waals surface area (Å²) in [5.74, 6) is 0.616. The van der Waals surface area contributed by atoms with E-state index in [0.717, 1.165) is 32.9 Å². The van der Waals surface area contributed by atoms with E-state index in [4.69, 9.17) is 16.0 Å². The van der Waals surface area contributed by atoms with Gasteiger partial charge in [-0.3, -0.25) is 4.99 Å². The van der Waals surface area contributed by atoms with Crippen LogP contribution in [-0.2, 0) is 0 Å². The van der Waals surface area contributed by atoms with E-state index >= 15 is 0 Å². The van der Waals surface area contributed by atoms with Gasteiger partial charge < -0.3 is 4.42 Å². The van der Waals surface area contributed by atoms with Gasteiger partial charge in [0.25, 0.3) is 0 Å². The molecule has 3 aromatic carbocycles. The SMILES string of the molecule is Cc1ccc(-c2nc3cc(N=C/C=C/c4ccccc4Cl)ccc3o2)cc1. The van der Waals surface area contributed by atoms with E-state index in [1.54, 1.807) is 6.21 Å². The van der Waals surface area contributed by atoms with Crippen molar-refractivity contribution < 1.29 is 4.42 Å². The molecular weight excluding hydrogens is 356 g/mol. The highest BCUT2D eigenvalue weighted by Crippen LogP contribution is 2.27. The highest BCUT2D eigenvalue weighted by Gasteiger charge is 2.08. The monoisotopic (exact) mass is 372 g/mol. The molecule has 4 aromatic rings. The molecule has 0 saturated carbocycles. The van der Waals surface area contributed by atoms with Crippen molar-refractivity contribution in [2.24, 2.45) is 4.99 Å². The lowest BCUT2D eigenvalue weighted by Gasteiger charge is -1.95. The highest BCUT2D eigenvalue weighted by atomic mass is 35.5. The van der Waals surface area contributed by atoms with E-state index in [2.05, 4.69) is 16.9 Å². The van der Waals surface area contributed by atoms with Crippen LogP contribution in [0.25, 0.3) is 28.6 Å². The molecule has 132 valence electrons. The predicted molar refractivity (Wildman–Crippen MR) is 113 cm³/mol. The van der Waals surface area contributed by atoms with Crippen molar-refractivity contribution in [3.05, 3.63) is 89.0 Å². The Morgan fingerprint density at radius 1 is 1.00 bits per heavy atom. The molecule has 0 unspecified atom stereocenters. The van der Waals surface area contributed by atoms with E-state index < -0.39 is 0 Å². The minimum absolute atomic E-state index is 0.616. The van der Waals surface area contributed by atoms with Crippen LogP contribution in [0.1, 0.15) is 11.1 Å². The average Bonchev–Trinajstić information content (AvgIpc) is 3.10. The number of allylic oxidation sites excluding steroid dienone is 1. The zero-order valence-corrected chi connectivity index (χ0v) is 15.5. The van der Waals surface area contributed by atoms with Crippen LogP contribution in [0.5, 0.6) is 0 Å². The van der Waals surface area contributed by atoms with Gasteiger partial charge in [-0.2, -0.15) is 0 Å². The highest BCUT2D eigenvalue weighted by molar-refractivity contribution is 6.32. The number of hydrogen-bond acceptors (Lipinski definition) is 3. The molecule has 0 radical (unpaired) electrons. The number of nitrogens with zero attached hydrogens (tertiary/aromatic N) is 2. The van der Waals surface area contributed by atoms with Gasteiger partial charge >= 0.3 is 0 Å². The van der Waals surface area contributed by atoms with Crippen molar-refractivity contribution in [3.8, 4) is 11.5 Å². The standard InChI is InChI=1S/C23H17ClN2O/c1-16-8-10-18(11-9-16)23-26-21-15-19(12-13-22(21)27-23)25-14-4-6-17-5-2-3-7-20(17)24/h2-15H,1H3/b6-4+,25-14?. The van der Waals surface area contributed by atoms with Crippen molar-refractivity contribution in [1.29, 1.82) is 0 Å². The minimum atomic E-state index is 0.616. The summed E-state index contributed by atoms with van der Waals surface area (Å²) in [5.41, 5.74) is 5.47. The first kappa shape index (κ1) is 17.3. The number of hydrogen-bond donors (Lipinski definition) is 0. The quantitative estimate of drug-likeness (QED) is 0.366. The number of halogens is 1. The summed E-state index contributed by atoms with van der Waals surface area (Å²) >= 11 is 6.13. The number of aliphatic imine (C=N–C) groups is 1. The summed E-state index contributed by atoms with van der Waals surface area (Å²) in [6, 6.07) is 21.5. The first-order chi connectivity index (χ1) is 13.2. The molecule has 0 aliphatic rings. The maximum absolute atomic E-state index is 6.13. The van der Waals surface area contributed by atoms with Crippen LogP contribution < -0.4 is 0 Å². The molecule has 4 heteroatoms. The number of aryl methyl sites for hydroxylation is 1. The normalized spacial score (nSPS) is 11.8. The van der Waals surface area contributed by atoms with Crippen molar-refractivity contribution in [3.63, 3.8) is 0 Å². The van der Waals surface area contributed by atoms with Gasteiger partial charge in [0, 0.05) is 16.8 Å². The topological polar surface area (TPSA) is 38.4 Å². The minimum Gasteiger partial charge on any atom is -0.436 e. The van der Waals surface area contributed by atoms with Crippen LogP contribution in [0.2, 0.25) is 5.02 Å². The average molecular weight is 373 g/mol. The molecule has 27 heavy (non-hydrogen) atoms. The lowest BCUT2D eigenvalue weighted by molar-refractivity contribution is 0.620. The van der Waals surface area contributed by atoms with Crippen LogP contribution in [0.4, 0.5) is 5.69 Å². The third-order valence-corrected chi connectivity index (χ3v) is 4.50. The summed E-state index contributed by atoms with van der Waals surface area (Å²) in [6.45, 7) is 2.06. The van der Waals surface area contributed by atoms with Gasteiger partial charge in [0.05, 0.1) is 5.69 Å². The molecular formula is C23H17ClN2O. The zero-order chi connectivity index (χ0) is 18.6. The molecule has 0 N–H and O–H groups in total. The number of rotatable bonds is 4. The Kier molecular flexibility index (Phi) is 4.86. The Morgan fingerprint density at radius 3 is 2.63 bits per heavy atom. The van der Waals surface area contributed by atoms with Crippen molar-refractivity contribution in [1.82, 2.24) is 4.98 Å². The maximum atomic E-state index is 6.13. The first-order valence-electron chi connectivity index (χ1n) is 8.62. The Balaban J connectivity index is 1.55. The van der Waals surface area contributed by atoms with E-state index in [9.17, 15) is 0 Å². The number of oxazole rings is 1. The van der Waals surface area contributed by atoms with Gasteiger partial charge in [0.1, 0.15) is 5.52 Å². The molecule has 0 amide bonds. The smallest absolute Gasteiger partial charge is 0.227 e. The molecule has 3 nitrogen and oxygen atoms in total. The predicted octanol–water partition coefficient (Wildman–Crippen LogP) is 6.87. The van der Waals surface area contributed by atoms with Gasteiger partial charge in [-0.05, 0) is 55.0 Å². The van der Waals surface area contributed by atoms with Crippen LogP contribution in [-0.4, -0.2) is 11.2 Å². The van der Waals surface area contributed by atoms with Gasteiger partial charge in [-0.1, -0.05) is 53.6 Å². The fraction of sp³-hybridized carbons (Fsp3) is 0.0435. The largest absolute Gasteiger partial charge is 0.436 e. The van der Waals surface area contributed by atoms with Crippen molar-refractivity contribution >= 4 is 40.7 Å². The fourth-order valence-corrected chi connectivity index (χ4v) is 2.90. The second-order valence-corrected chi connectivity index (χ2v) is 6.60. The molecule has 0 saturated heterocycles. The Bertz CT molecular complexity index is 1140. The Labute approximate surface area is 162 Å². The second-order valence-electron chi connectivity index (χ2n) is 6.20. The summed E-state index contributed by atoms with van der Waals surface area (Å²) in [5, 5.41) is 0.717. The Hall–Kier alpha value is -3.17. The van der Waals surface area contributed by atoms with Crippen LogP contribution in [0, 0.1) is 6.92 Å². The fourth-order valence-electron chi connectivity index (χ4n) is 2.70. The molecule has 0 aliphatic carbocycles. The zero-order valence-electron chi connectivity index (χ0n) is 14.8. The number of benzene rings is 3. The molecule has 0 bridgehead atoms. The van der Waals surface area contributed by atoms with Crippen LogP contribution >= 0.6 is 11.6 Å². The van der Waals surface area contributed by atoms with Crippen molar-refractivity contribution in [2.45, 2.75) is 6.92 Å². The maximum Gasteiger partial charge on any atom is 0.227 e. The summed E-state index contributed by atoms with van der Waals surface area (Å²) in [6.07, 6.45) is 5.54. The lowest BCUT2D eigenvalue weighted by atomic mass is 10.1. The van der Waals surface area contributed by atoms with Gasteiger partial charge in [-0.25, -0.2) is 4.98 Å². The second kappa shape index (κ2) is 7.60. The first-order valence-corrected chi connectivity index (χ1v) is 9.00. The van der Waals surface area contributed by atoms with E-state index in [-0.39, 0.29) is 0 Å². The molecule has 1 aromatic heterocycles. The van der Waals surface area contributed by atoms with Gasteiger partial charge in [0.15, 0.2) is 5.58 Å². The molecule has 0 atom stereocenters. The molecule has 0 fully saturated rings. The number of fused-ring (bicyclic) bond motifs is 1. The Morgan fingerprint density at radius 2 is 1.81 bits per heavy atom. The third-order valence-electron chi connectivity index (χ3n) is 4.16. The van der Waals surface area contributed by atoms with E-state index in [0.29, 0.717) is 5.89 Å². The lowest BCUT2D eigenvalue weighted by Crippen LogP contribution is -1.77. The molecule has 0 spiro atoms. The summed E-state index contributed by atoms with van der Waals surface area (Å²) in [7, 11) is 0. The van der Waals surface area contributed by atoms with Gasteiger partial charge in [-0.15, -0.1) is 0 Å². The molecule has 0 aliphatic heterocycles.